The summed E-state index contributed by atoms with van der Waals surface area (Å²) in [4.78, 5) is 42.9. The maximum absolute atomic E-state index is 12.8. The molecule has 0 spiro atoms. The summed E-state index contributed by atoms with van der Waals surface area (Å²) in [5.41, 5.74) is 1.43. The normalized spacial score (nSPS) is 14.2. The lowest BCUT2D eigenvalue weighted by molar-refractivity contribution is 0.0723. The first-order valence-electron chi connectivity index (χ1n) is 9.42. The topological polar surface area (TPSA) is 87.2 Å². The van der Waals surface area contributed by atoms with E-state index in [-0.39, 0.29) is 17.2 Å². The molecule has 0 atom stereocenters. The molecule has 7 heteroatoms. The van der Waals surface area contributed by atoms with Crippen molar-refractivity contribution in [2.45, 2.75) is 19.3 Å². The number of aryl methyl sites for hydroxylation is 1. The molecule has 2 N–H and O–H groups in total. The summed E-state index contributed by atoms with van der Waals surface area (Å²) in [7, 11) is 1.58. The maximum Gasteiger partial charge on any atom is 0.274 e. The standard InChI is InChI=1S/C21H22N4O3/c1-24-13-14(20(27)25-9-5-2-6-10-25)11-18(21(24)28)23-19(26)16-12-22-17-8-4-3-7-15(16)17/h3-4,7-8,11-13,22H,2,5-6,9-10H2,1H3,(H,23,26). The Hall–Kier alpha value is -3.35. The van der Waals surface area contributed by atoms with Gasteiger partial charge in [0.2, 0.25) is 0 Å². The van der Waals surface area contributed by atoms with Gasteiger partial charge in [0.05, 0.1) is 11.1 Å². The largest absolute Gasteiger partial charge is 0.360 e. The van der Waals surface area contributed by atoms with Crippen LogP contribution in [0.5, 0.6) is 0 Å². The molecule has 2 aromatic heterocycles. The average Bonchev–Trinajstić information content (AvgIpc) is 3.15. The van der Waals surface area contributed by atoms with Crippen molar-refractivity contribution in [3.8, 4) is 0 Å². The van der Waals surface area contributed by atoms with E-state index in [4.69, 9.17) is 0 Å². The third kappa shape index (κ3) is 3.31. The summed E-state index contributed by atoms with van der Waals surface area (Å²) < 4.78 is 1.34. The smallest absolute Gasteiger partial charge is 0.274 e. The Kier molecular flexibility index (Phi) is 4.73. The van der Waals surface area contributed by atoms with Crippen molar-refractivity contribution in [3.05, 3.63) is 64.2 Å². The average molecular weight is 378 g/mol. The molecule has 3 heterocycles. The van der Waals surface area contributed by atoms with Gasteiger partial charge in [-0.15, -0.1) is 0 Å². The van der Waals surface area contributed by atoms with Crippen LogP contribution in [0.1, 0.15) is 40.0 Å². The molecule has 0 radical (unpaired) electrons. The van der Waals surface area contributed by atoms with Crippen LogP contribution in [0.4, 0.5) is 5.69 Å². The fraction of sp³-hybridized carbons (Fsp3) is 0.286. The number of rotatable bonds is 3. The number of pyridine rings is 1. The van der Waals surface area contributed by atoms with Gasteiger partial charge >= 0.3 is 0 Å². The number of fused-ring (bicyclic) bond motifs is 1. The summed E-state index contributed by atoms with van der Waals surface area (Å²) in [6, 6.07) is 8.93. The lowest BCUT2D eigenvalue weighted by Crippen LogP contribution is -2.36. The number of aromatic amines is 1. The Bertz CT molecular complexity index is 1110. The first kappa shape index (κ1) is 18.0. The van der Waals surface area contributed by atoms with Crippen molar-refractivity contribution in [1.29, 1.82) is 0 Å². The predicted octanol–water partition coefficient (Wildman–Crippen LogP) is 2.75. The number of anilines is 1. The highest BCUT2D eigenvalue weighted by Gasteiger charge is 2.21. The van der Waals surface area contributed by atoms with Crippen LogP contribution in [0, 0.1) is 0 Å². The number of piperidine rings is 1. The second-order valence-corrected chi connectivity index (χ2v) is 7.11. The molecule has 2 amide bonds. The molecule has 0 saturated carbocycles. The second-order valence-electron chi connectivity index (χ2n) is 7.11. The Labute approximate surface area is 162 Å². The van der Waals surface area contributed by atoms with Crippen molar-refractivity contribution >= 4 is 28.4 Å². The van der Waals surface area contributed by atoms with Gasteiger partial charge in [-0.05, 0) is 31.4 Å². The maximum atomic E-state index is 12.8. The zero-order valence-electron chi connectivity index (χ0n) is 15.7. The number of aromatic nitrogens is 2. The Balaban J connectivity index is 1.64. The zero-order valence-corrected chi connectivity index (χ0v) is 15.7. The first-order chi connectivity index (χ1) is 13.5. The van der Waals surface area contributed by atoms with Gasteiger partial charge in [0.15, 0.2) is 0 Å². The second kappa shape index (κ2) is 7.34. The Morgan fingerprint density at radius 1 is 1.11 bits per heavy atom. The van der Waals surface area contributed by atoms with Gasteiger partial charge in [-0.3, -0.25) is 14.4 Å². The van der Waals surface area contributed by atoms with E-state index in [9.17, 15) is 14.4 Å². The molecule has 7 nitrogen and oxygen atoms in total. The molecule has 1 aromatic carbocycles. The van der Waals surface area contributed by atoms with Crippen LogP contribution in [0.2, 0.25) is 0 Å². The van der Waals surface area contributed by atoms with Gasteiger partial charge < -0.3 is 19.8 Å². The van der Waals surface area contributed by atoms with Gasteiger partial charge in [0, 0.05) is 43.4 Å². The van der Waals surface area contributed by atoms with Crippen molar-refractivity contribution in [2.75, 3.05) is 18.4 Å². The number of hydrogen-bond acceptors (Lipinski definition) is 3. The van der Waals surface area contributed by atoms with Gasteiger partial charge in [-0.25, -0.2) is 0 Å². The van der Waals surface area contributed by atoms with E-state index in [0.29, 0.717) is 11.1 Å². The van der Waals surface area contributed by atoms with E-state index in [0.717, 1.165) is 43.3 Å². The highest BCUT2D eigenvalue weighted by atomic mass is 16.2. The van der Waals surface area contributed by atoms with Crippen LogP contribution in [-0.4, -0.2) is 39.4 Å². The number of likely N-dealkylation sites (tertiary alicyclic amines) is 1. The quantitative estimate of drug-likeness (QED) is 0.735. The summed E-state index contributed by atoms with van der Waals surface area (Å²) >= 11 is 0. The summed E-state index contributed by atoms with van der Waals surface area (Å²) in [5.74, 6) is -0.505. The van der Waals surface area contributed by atoms with Crippen LogP contribution < -0.4 is 10.9 Å². The Morgan fingerprint density at radius 3 is 2.64 bits per heavy atom. The zero-order chi connectivity index (χ0) is 19.7. The van der Waals surface area contributed by atoms with Gasteiger partial charge in [-0.1, -0.05) is 18.2 Å². The number of para-hydroxylation sites is 1. The lowest BCUT2D eigenvalue weighted by Gasteiger charge is -2.27. The van der Waals surface area contributed by atoms with Crippen LogP contribution in [-0.2, 0) is 7.05 Å². The number of H-pyrrole nitrogens is 1. The molecule has 1 saturated heterocycles. The number of hydrogen-bond donors (Lipinski definition) is 2. The van der Waals surface area contributed by atoms with Crippen molar-refractivity contribution < 1.29 is 9.59 Å². The van der Waals surface area contributed by atoms with Gasteiger partial charge in [-0.2, -0.15) is 0 Å². The summed E-state index contributed by atoms with van der Waals surface area (Å²) in [6.45, 7) is 1.44. The van der Waals surface area contributed by atoms with E-state index in [1.165, 1.54) is 16.8 Å². The van der Waals surface area contributed by atoms with Crippen LogP contribution >= 0.6 is 0 Å². The number of carbonyl (C=O) groups excluding carboxylic acids is 2. The number of benzene rings is 1. The lowest BCUT2D eigenvalue weighted by atomic mass is 10.1. The fourth-order valence-corrected chi connectivity index (χ4v) is 3.65. The minimum atomic E-state index is -0.392. The first-order valence-corrected chi connectivity index (χ1v) is 9.42. The van der Waals surface area contributed by atoms with E-state index in [2.05, 4.69) is 10.3 Å². The highest BCUT2D eigenvalue weighted by molar-refractivity contribution is 6.13. The molecule has 1 aliphatic rings. The van der Waals surface area contributed by atoms with Gasteiger partial charge in [0.1, 0.15) is 5.69 Å². The predicted molar refractivity (Wildman–Crippen MR) is 108 cm³/mol. The number of nitrogens with one attached hydrogen (secondary N) is 2. The molecule has 1 aliphatic heterocycles. The minimum absolute atomic E-state index is 0.0978. The number of amides is 2. The van der Waals surface area contributed by atoms with E-state index in [1.54, 1.807) is 18.1 Å². The van der Waals surface area contributed by atoms with Crippen molar-refractivity contribution in [3.63, 3.8) is 0 Å². The molecule has 3 aromatic rings. The van der Waals surface area contributed by atoms with E-state index < -0.39 is 5.91 Å². The molecule has 28 heavy (non-hydrogen) atoms. The third-order valence-corrected chi connectivity index (χ3v) is 5.16. The summed E-state index contributed by atoms with van der Waals surface area (Å²) in [5, 5.41) is 3.46. The van der Waals surface area contributed by atoms with Gasteiger partial charge in [0.25, 0.3) is 17.4 Å². The van der Waals surface area contributed by atoms with E-state index in [1.807, 2.05) is 24.3 Å². The number of carbonyl (C=O) groups is 2. The van der Waals surface area contributed by atoms with Crippen molar-refractivity contribution in [1.82, 2.24) is 14.5 Å². The molecule has 1 fully saturated rings. The SMILES string of the molecule is Cn1cc(C(=O)N2CCCCC2)cc(NC(=O)c2c[nH]c3ccccc23)c1=O. The Morgan fingerprint density at radius 2 is 1.86 bits per heavy atom. The fourth-order valence-electron chi connectivity index (χ4n) is 3.65. The molecule has 0 unspecified atom stereocenters. The van der Waals surface area contributed by atoms with E-state index >= 15 is 0 Å². The molecule has 4 rings (SSSR count). The summed E-state index contributed by atoms with van der Waals surface area (Å²) in [6.07, 6.45) is 6.25. The molecular weight excluding hydrogens is 356 g/mol. The molecular formula is C21H22N4O3. The van der Waals surface area contributed by atoms with Crippen molar-refractivity contribution in [2.24, 2.45) is 7.05 Å². The molecule has 144 valence electrons. The molecule has 0 aliphatic carbocycles. The molecule has 0 bridgehead atoms. The monoisotopic (exact) mass is 378 g/mol. The number of nitrogens with zero attached hydrogens (tertiary/aromatic N) is 2. The third-order valence-electron chi connectivity index (χ3n) is 5.16. The highest BCUT2D eigenvalue weighted by Crippen LogP contribution is 2.19. The van der Waals surface area contributed by atoms with Crippen LogP contribution in [0.15, 0.2) is 47.5 Å². The van der Waals surface area contributed by atoms with Crippen LogP contribution in [0.25, 0.3) is 10.9 Å². The minimum Gasteiger partial charge on any atom is -0.360 e. The van der Waals surface area contributed by atoms with Crippen LogP contribution in [0.3, 0.4) is 0 Å².